The molecule has 102 valence electrons. The fourth-order valence-corrected chi connectivity index (χ4v) is 2.75. The highest BCUT2D eigenvalue weighted by Gasteiger charge is 2.14. The quantitative estimate of drug-likeness (QED) is 0.715. The second-order valence-corrected chi connectivity index (χ2v) is 6.10. The van der Waals surface area contributed by atoms with Gasteiger partial charge in [-0.25, -0.2) is 0 Å². The molecule has 0 aliphatic carbocycles. The first-order valence-electron chi connectivity index (χ1n) is 7.13. The van der Waals surface area contributed by atoms with Crippen LogP contribution in [0.1, 0.15) is 51.5 Å². The molecular weight excluding hydrogens is 286 g/mol. The molecule has 0 saturated carbocycles. The van der Waals surface area contributed by atoms with Crippen LogP contribution in [-0.2, 0) is 0 Å². The molecule has 0 aromatic heterocycles. The van der Waals surface area contributed by atoms with Crippen LogP contribution in [0.2, 0.25) is 0 Å². The average Bonchev–Trinajstić information content (AvgIpc) is 2.36. The first kappa shape index (κ1) is 15.7. The van der Waals surface area contributed by atoms with E-state index in [-0.39, 0.29) is 0 Å². The molecule has 1 nitrogen and oxygen atoms in total. The van der Waals surface area contributed by atoms with Crippen molar-refractivity contribution in [2.24, 2.45) is 5.92 Å². The van der Waals surface area contributed by atoms with Crippen LogP contribution >= 0.6 is 15.9 Å². The number of likely N-dealkylation sites (N-methyl/N-ethyl adjacent to an activating group) is 1. The fraction of sp³-hybridized carbons (Fsp3) is 0.625. The van der Waals surface area contributed by atoms with E-state index in [9.17, 15) is 0 Å². The Balaban J connectivity index is 2.67. The van der Waals surface area contributed by atoms with Crippen molar-refractivity contribution in [2.45, 2.75) is 46.0 Å². The van der Waals surface area contributed by atoms with E-state index in [1.54, 1.807) is 0 Å². The molecule has 0 radical (unpaired) electrons. The Kier molecular flexibility index (Phi) is 7.60. The number of halogens is 1. The van der Waals surface area contributed by atoms with Gasteiger partial charge in [0.15, 0.2) is 0 Å². The van der Waals surface area contributed by atoms with Crippen molar-refractivity contribution >= 4 is 15.9 Å². The largest absolute Gasteiger partial charge is 0.316 e. The van der Waals surface area contributed by atoms with Crippen LogP contribution in [0.5, 0.6) is 0 Å². The lowest BCUT2D eigenvalue weighted by Gasteiger charge is -2.21. The molecule has 2 atom stereocenters. The Morgan fingerprint density at radius 3 is 2.39 bits per heavy atom. The van der Waals surface area contributed by atoms with Crippen LogP contribution in [0.25, 0.3) is 0 Å². The summed E-state index contributed by atoms with van der Waals surface area (Å²) in [5.41, 5.74) is 1.46. The van der Waals surface area contributed by atoms with Gasteiger partial charge in [0.05, 0.1) is 0 Å². The van der Waals surface area contributed by atoms with E-state index >= 15 is 0 Å². The molecule has 0 aliphatic heterocycles. The number of hydrogen-bond acceptors (Lipinski definition) is 1. The van der Waals surface area contributed by atoms with Crippen LogP contribution in [0.3, 0.4) is 0 Å². The summed E-state index contributed by atoms with van der Waals surface area (Å²) in [5, 5.41) is 3.50. The first-order valence-corrected chi connectivity index (χ1v) is 7.92. The van der Waals surface area contributed by atoms with E-state index in [0.29, 0.717) is 5.92 Å². The lowest BCUT2D eigenvalue weighted by atomic mass is 9.87. The molecule has 1 aromatic carbocycles. The predicted octanol–water partition coefficient (Wildman–Crippen LogP) is 4.97. The molecular formula is C16H26BrN. The maximum atomic E-state index is 3.51. The normalized spacial score (nSPS) is 14.4. The highest BCUT2D eigenvalue weighted by Crippen LogP contribution is 2.26. The van der Waals surface area contributed by atoms with Crippen LogP contribution in [-0.4, -0.2) is 13.1 Å². The summed E-state index contributed by atoms with van der Waals surface area (Å²) >= 11 is 3.51. The number of hydrogen-bond donors (Lipinski definition) is 1. The standard InChI is InChI=1S/C16H26BrN/c1-4-6-13(3)11-15(12-18-5-2)14-7-9-16(17)10-8-14/h7-10,13,15,18H,4-6,11-12H2,1-3H3. The summed E-state index contributed by atoms with van der Waals surface area (Å²) in [7, 11) is 0. The SMILES string of the molecule is CCCC(C)CC(CNCC)c1ccc(Br)cc1. The molecule has 18 heavy (non-hydrogen) atoms. The Morgan fingerprint density at radius 1 is 1.17 bits per heavy atom. The van der Waals surface area contributed by atoms with Crippen molar-refractivity contribution in [2.75, 3.05) is 13.1 Å². The zero-order valence-corrected chi connectivity index (χ0v) is 13.5. The third-order valence-corrected chi connectivity index (χ3v) is 3.98. The van der Waals surface area contributed by atoms with Gasteiger partial charge in [-0.05, 0) is 42.5 Å². The zero-order chi connectivity index (χ0) is 13.4. The predicted molar refractivity (Wildman–Crippen MR) is 84.1 cm³/mol. The van der Waals surface area contributed by atoms with Crippen molar-refractivity contribution in [3.05, 3.63) is 34.3 Å². The van der Waals surface area contributed by atoms with Gasteiger partial charge in [0.1, 0.15) is 0 Å². The van der Waals surface area contributed by atoms with Crippen molar-refractivity contribution in [1.29, 1.82) is 0 Å². The van der Waals surface area contributed by atoms with Gasteiger partial charge >= 0.3 is 0 Å². The van der Waals surface area contributed by atoms with E-state index < -0.39 is 0 Å². The minimum Gasteiger partial charge on any atom is -0.316 e. The summed E-state index contributed by atoms with van der Waals surface area (Å²) in [4.78, 5) is 0. The van der Waals surface area contributed by atoms with E-state index in [1.807, 2.05) is 0 Å². The Hall–Kier alpha value is -0.340. The monoisotopic (exact) mass is 311 g/mol. The van der Waals surface area contributed by atoms with Crippen molar-refractivity contribution in [1.82, 2.24) is 5.32 Å². The van der Waals surface area contributed by atoms with E-state index in [4.69, 9.17) is 0 Å². The van der Waals surface area contributed by atoms with Crippen LogP contribution in [0, 0.1) is 5.92 Å². The van der Waals surface area contributed by atoms with Gasteiger partial charge in [0.25, 0.3) is 0 Å². The van der Waals surface area contributed by atoms with Gasteiger partial charge in [-0.2, -0.15) is 0 Å². The molecule has 0 spiro atoms. The highest BCUT2D eigenvalue weighted by molar-refractivity contribution is 9.10. The van der Waals surface area contributed by atoms with Crippen molar-refractivity contribution in [3.63, 3.8) is 0 Å². The molecule has 2 heteroatoms. The molecule has 0 bridgehead atoms. The fourth-order valence-electron chi connectivity index (χ4n) is 2.49. The summed E-state index contributed by atoms with van der Waals surface area (Å²) in [5.74, 6) is 1.45. The first-order chi connectivity index (χ1) is 8.67. The summed E-state index contributed by atoms with van der Waals surface area (Å²) in [6, 6.07) is 8.81. The molecule has 0 amide bonds. The number of benzene rings is 1. The number of nitrogens with one attached hydrogen (secondary N) is 1. The Bertz CT molecular complexity index is 320. The third-order valence-electron chi connectivity index (χ3n) is 3.45. The molecule has 1 rings (SSSR count). The molecule has 0 fully saturated rings. The topological polar surface area (TPSA) is 12.0 Å². The molecule has 0 heterocycles. The summed E-state index contributed by atoms with van der Waals surface area (Å²) in [6.45, 7) is 8.96. The maximum Gasteiger partial charge on any atom is 0.0175 e. The average molecular weight is 312 g/mol. The summed E-state index contributed by atoms with van der Waals surface area (Å²) in [6.07, 6.45) is 3.90. The van der Waals surface area contributed by atoms with Gasteiger partial charge in [-0.3, -0.25) is 0 Å². The number of rotatable bonds is 8. The molecule has 1 N–H and O–H groups in total. The van der Waals surface area contributed by atoms with E-state index in [2.05, 4.69) is 66.3 Å². The zero-order valence-electron chi connectivity index (χ0n) is 11.9. The van der Waals surface area contributed by atoms with Gasteiger partial charge in [0.2, 0.25) is 0 Å². The molecule has 2 unspecified atom stereocenters. The van der Waals surface area contributed by atoms with Gasteiger partial charge in [0, 0.05) is 11.0 Å². The third kappa shape index (κ3) is 5.53. The molecule has 0 aliphatic rings. The second-order valence-electron chi connectivity index (χ2n) is 5.19. The van der Waals surface area contributed by atoms with Gasteiger partial charge < -0.3 is 5.32 Å². The maximum absolute atomic E-state index is 3.51. The highest BCUT2D eigenvalue weighted by atomic mass is 79.9. The van der Waals surface area contributed by atoms with Gasteiger partial charge in [-0.1, -0.05) is 61.7 Å². The van der Waals surface area contributed by atoms with Crippen molar-refractivity contribution in [3.8, 4) is 0 Å². The molecule has 0 saturated heterocycles. The van der Waals surface area contributed by atoms with Crippen LogP contribution < -0.4 is 5.32 Å². The van der Waals surface area contributed by atoms with Crippen LogP contribution in [0.15, 0.2) is 28.7 Å². The smallest absolute Gasteiger partial charge is 0.0175 e. The lowest BCUT2D eigenvalue weighted by Crippen LogP contribution is -2.22. The Morgan fingerprint density at radius 2 is 1.83 bits per heavy atom. The second kappa shape index (κ2) is 8.71. The van der Waals surface area contributed by atoms with E-state index in [0.717, 1.165) is 23.5 Å². The van der Waals surface area contributed by atoms with Crippen molar-refractivity contribution < 1.29 is 0 Å². The summed E-state index contributed by atoms with van der Waals surface area (Å²) < 4.78 is 1.16. The van der Waals surface area contributed by atoms with Crippen LogP contribution in [0.4, 0.5) is 0 Å². The minimum atomic E-state index is 0.639. The molecule has 1 aromatic rings. The lowest BCUT2D eigenvalue weighted by molar-refractivity contribution is 0.422. The van der Waals surface area contributed by atoms with E-state index in [1.165, 1.54) is 24.8 Å². The van der Waals surface area contributed by atoms with Gasteiger partial charge in [-0.15, -0.1) is 0 Å². The minimum absolute atomic E-state index is 0.639. The Labute approximate surface area is 120 Å².